The Kier molecular flexibility index (Phi) is 7.27. The molecule has 18 heavy (non-hydrogen) atoms. The van der Waals surface area contributed by atoms with Gasteiger partial charge in [0.05, 0.1) is 12.6 Å². The van der Waals surface area contributed by atoms with Crippen molar-refractivity contribution in [1.82, 2.24) is 10.6 Å². The zero-order valence-corrected chi connectivity index (χ0v) is 11.9. The first-order chi connectivity index (χ1) is 8.26. The molecule has 0 aromatic heterocycles. The molecule has 0 saturated heterocycles. The van der Waals surface area contributed by atoms with Crippen molar-refractivity contribution in [3.8, 4) is 0 Å². The third-order valence-electron chi connectivity index (χ3n) is 1.97. The van der Waals surface area contributed by atoms with E-state index in [2.05, 4.69) is 10.6 Å². The molecule has 5 nitrogen and oxygen atoms in total. The zero-order valence-electron chi connectivity index (χ0n) is 11.9. The SMILES string of the molecule is CCOC(=O)/C=C/CNC(C)C(=O)NC(C)(C)C. The Morgan fingerprint density at radius 1 is 1.33 bits per heavy atom. The number of esters is 1. The van der Waals surface area contributed by atoms with E-state index < -0.39 is 0 Å². The van der Waals surface area contributed by atoms with Crippen molar-refractivity contribution in [3.63, 3.8) is 0 Å². The number of amides is 1. The summed E-state index contributed by atoms with van der Waals surface area (Å²) in [4.78, 5) is 22.7. The molecule has 0 radical (unpaired) electrons. The van der Waals surface area contributed by atoms with Gasteiger partial charge in [-0.3, -0.25) is 4.79 Å². The minimum atomic E-state index is -0.369. The van der Waals surface area contributed by atoms with Crippen LogP contribution in [0.1, 0.15) is 34.6 Å². The normalized spacial score (nSPS) is 13.4. The number of nitrogens with one attached hydrogen (secondary N) is 2. The summed E-state index contributed by atoms with van der Waals surface area (Å²) in [6, 6.07) is -0.309. The van der Waals surface area contributed by atoms with Gasteiger partial charge in [-0.25, -0.2) is 4.79 Å². The highest BCUT2D eigenvalue weighted by Crippen LogP contribution is 1.99. The smallest absolute Gasteiger partial charge is 0.330 e. The highest BCUT2D eigenvalue weighted by Gasteiger charge is 2.18. The Morgan fingerprint density at radius 3 is 2.44 bits per heavy atom. The average molecular weight is 256 g/mol. The van der Waals surface area contributed by atoms with Crippen LogP contribution in [0.15, 0.2) is 12.2 Å². The maximum absolute atomic E-state index is 11.7. The van der Waals surface area contributed by atoms with E-state index in [1.807, 2.05) is 20.8 Å². The predicted octanol–water partition coefficient (Wildman–Crippen LogP) is 0.998. The van der Waals surface area contributed by atoms with Gasteiger partial charge in [-0.1, -0.05) is 6.08 Å². The maximum atomic E-state index is 11.7. The van der Waals surface area contributed by atoms with Gasteiger partial charge in [0, 0.05) is 18.2 Å². The van der Waals surface area contributed by atoms with Crippen LogP contribution < -0.4 is 10.6 Å². The van der Waals surface area contributed by atoms with Crippen LogP contribution in [0.2, 0.25) is 0 Å². The summed E-state index contributed by atoms with van der Waals surface area (Å²) in [6.45, 7) is 10.1. The summed E-state index contributed by atoms with van der Waals surface area (Å²) < 4.78 is 4.73. The van der Waals surface area contributed by atoms with E-state index >= 15 is 0 Å². The van der Waals surface area contributed by atoms with Crippen molar-refractivity contribution >= 4 is 11.9 Å². The fraction of sp³-hybridized carbons (Fsp3) is 0.692. The van der Waals surface area contributed by atoms with Crippen LogP contribution >= 0.6 is 0 Å². The van der Waals surface area contributed by atoms with E-state index in [0.29, 0.717) is 13.2 Å². The monoisotopic (exact) mass is 256 g/mol. The number of rotatable bonds is 6. The topological polar surface area (TPSA) is 67.4 Å². The quantitative estimate of drug-likeness (QED) is 0.549. The lowest BCUT2D eigenvalue weighted by molar-refractivity contribution is -0.137. The molecule has 5 heteroatoms. The maximum Gasteiger partial charge on any atom is 0.330 e. The standard InChI is InChI=1S/C13H24N2O3/c1-6-18-11(16)8-7-9-14-10(2)12(17)15-13(3,4)5/h7-8,10,14H,6,9H2,1-5H3,(H,15,17)/b8-7+. The van der Waals surface area contributed by atoms with Gasteiger partial charge in [-0.2, -0.15) is 0 Å². The number of carbonyl (C=O) groups excluding carboxylic acids is 2. The number of hydrogen-bond acceptors (Lipinski definition) is 4. The van der Waals surface area contributed by atoms with Gasteiger partial charge in [0.25, 0.3) is 0 Å². The summed E-state index contributed by atoms with van der Waals surface area (Å²) in [6.07, 6.45) is 2.99. The fourth-order valence-electron chi connectivity index (χ4n) is 1.16. The summed E-state index contributed by atoms with van der Waals surface area (Å²) in [5.41, 5.74) is -0.242. The van der Waals surface area contributed by atoms with Crippen LogP contribution in [0.4, 0.5) is 0 Å². The molecule has 0 aromatic rings. The molecule has 1 amide bonds. The van der Waals surface area contributed by atoms with Crippen molar-refractivity contribution in [2.45, 2.75) is 46.2 Å². The third-order valence-corrected chi connectivity index (χ3v) is 1.97. The third kappa shape index (κ3) is 8.75. The van der Waals surface area contributed by atoms with E-state index in [1.54, 1.807) is 19.9 Å². The lowest BCUT2D eigenvalue weighted by atomic mass is 10.1. The molecule has 0 aliphatic rings. The van der Waals surface area contributed by atoms with Crippen LogP contribution in [0.3, 0.4) is 0 Å². The Labute approximate surface area is 109 Å². The zero-order chi connectivity index (χ0) is 14.2. The summed E-state index contributed by atoms with van der Waals surface area (Å²) >= 11 is 0. The van der Waals surface area contributed by atoms with Crippen molar-refractivity contribution in [2.75, 3.05) is 13.2 Å². The first-order valence-corrected chi connectivity index (χ1v) is 6.15. The van der Waals surface area contributed by atoms with Gasteiger partial charge in [0.1, 0.15) is 0 Å². The Hall–Kier alpha value is -1.36. The minimum Gasteiger partial charge on any atom is -0.463 e. The van der Waals surface area contributed by atoms with E-state index in [4.69, 9.17) is 4.74 Å². The van der Waals surface area contributed by atoms with Crippen LogP contribution in [0.25, 0.3) is 0 Å². The first-order valence-electron chi connectivity index (χ1n) is 6.15. The minimum absolute atomic E-state index is 0.0629. The highest BCUT2D eigenvalue weighted by atomic mass is 16.5. The molecule has 0 saturated carbocycles. The van der Waals surface area contributed by atoms with E-state index in [9.17, 15) is 9.59 Å². The molecule has 0 spiro atoms. The second-order valence-electron chi connectivity index (χ2n) is 5.02. The van der Waals surface area contributed by atoms with Crippen LogP contribution in [0, 0.1) is 0 Å². The van der Waals surface area contributed by atoms with Gasteiger partial charge in [-0.15, -0.1) is 0 Å². The van der Waals surface area contributed by atoms with Gasteiger partial charge in [0.15, 0.2) is 0 Å². The second kappa shape index (κ2) is 7.87. The fourth-order valence-corrected chi connectivity index (χ4v) is 1.16. The molecule has 0 aliphatic carbocycles. The molecule has 2 N–H and O–H groups in total. The van der Waals surface area contributed by atoms with E-state index in [1.165, 1.54) is 6.08 Å². The molecular formula is C13H24N2O3. The second-order valence-corrected chi connectivity index (χ2v) is 5.02. The molecular weight excluding hydrogens is 232 g/mol. The Morgan fingerprint density at radius 2 is 1.94 bits per heavy atom. The van der Waals surface area contributed by atoms with Crippen molar-refractivity contribution in [2.24, 2.45) is 0 Å². The summed E-state index contributed by atoms with van der Waals surface area (Å²) in [7, 11) is 0. The largest absolute Gasteiger partial charge is 0.463 e. The molecule has 0 aromatic carbocycles. The van der Waals surface area contributed by atoms with Crippen molar-refractivity contribution in [1.29, 1.82) is 0 Å². The van der Waals surface area contributed by atoms with Gasteiger partial charge >= 0.3 is 5.97 Å². The Bertz CT molecular complexity index is 306. The Balaban J connectivity index is 3.93. The van der Waals surface area contributed by atoms with Gasteiger partial charge < -0.3 is 15.4 Å². The molecule has 0 heterocycles. The highest BCUT2D eigenvalue weighted by molar-refractivity contribution is 5.82. The molecule has 0 rings (SSSR count). The van der Waals surface area contributed by atoms with Crippen LogP contribution in [-0.2, 0) is 14.3 Å². The molecule has 1 unspecified atom stereocenters. The van der Waals surface area contributed by atoms with Gasteiger partial charge in [-0.05, 0) is 34.6 Å². The number of carbonyl (C=O) groups is 2. The molecule has 0 aliphatic heterocycles. The molecule has 1 atom stereocenters. The predicted molar refractivity (Wildman–Crippen MR) is 71.1 cm³/mol. The summed E-state index contributed by atoms with van der Waals surface area (Å²) in [5.74, 6) is -0.432. The van der Waals surface area contributed by atoms with Gasteiger partial charge in [0.2, 0.25) is 5.91 Å². The van der Waals surface area contributed by atoms with Crippen molar-refractivity contribution in [3.05, 3.63) is 12.2 Å². The lowest BCUT2D eigenvalue weighted by Crippen LogP contribution is -2.49. The average Bonchev–Trinajstić information content (AvgIpc) is 2.22. The van der Waals surface area contributed by atoms with E-state index in [-0.39, 0.29) is 23.5 Å². The summed E-state index contributed by atoms with van der Waals surface area (Å²) in [5, 5.41) is 5.87. The molecule has 104 valence electrons. The van der Waals surface area contributed by atoms with Crippen LogP contribution in [0.5, 0.6) is 0 Å². The first kappa shape index (κ1) is 16.6. The van der Waals surface area contributed by atoms with E-state index in [0.717, 1.165) is 0 Å². The number of hydrogen-bond donors (Lipinski definition) is 2. The van der Waals surface area contributed by atoms with Crippen LogP contribution in [-0.4, -0.2) is 36.6 Å². The lowest BCUT2D eigenvalue weighted by Gasteiger charge is -2.23. The van der Waals surface area contributed by atoms with Crippen molar-refractivity contribution < 1.29 is 14.3 Å². The molecule has 0 fully saturated rings. The molecule has 0 bridgehead atoms. The number of ether oxygens (including phenoxy) is 1.